The first kappa shape index (κ1) is 15.9. The van der Waals surface area contributed by atoms with E-state index >= 15 is 0 Å². The average Bonchev–Trinajstić information content (AvgIpc) is 2.52. The zero-order valence-electron chi connectivity index (χ0n) is 11.6. The van der Waals surface area contributed by atoms with Crippen molar-refractivity contribution in [2.24, 2.45) is 0 Å². The molecular formula is C16H11Cl2NO3S. The third-order valence-corrected chi connectivity index (χ3v) is 5.21. The number of rotatable bonds is 3. The molecule has 0 aliphatic heterocycles. The quantitative estimate of drug-likeness (QED) is 0.661. The van der Waals surface area contributed by atoms with Gasteiger partial charge in [0.05, 0.1) is 15.6 Å². The van der Waals surface area contributed by atoms with Crippen LogP contribution in [0.5, 0.6) is 5.75 Å². The molecule has 0 unspecified atom stereocenters. The zero-order valence-corrected chi connectivity index (χ0v) is 14.0. The van der Waals surface area contributed by atoms with Crippen molar-refractivity contribution in [3.05, 3.63) is 64.6 Å². The predicted molar refractivity (Wildman–Crippen MR) is 92.9 cm³/mol. The number of phenolic OH excluding ortho intramolecular Hbond substituents is 1. The van der Waals surface area contributed by atoms with Crippen molar-refractivity contribution in [2.75, 3.05) is 4.72 Å². The van der Waals surface area contributed by atoms with Crippen molar-refractivity contribution < 1.29 is 13.5 Å². The molecule has 23 heavy (non-hydrogen) atoms. The highest BCUT2D eigenvalue weighted by Crippen LogP contribution is 2.38. The summed E-state index contributed by atoms with van der Waals surface area (Å²) in [6.07, 6.45) is 0. The zero-order chi connectivity index (χ0) is 16.6. The maximum atomic E-state index is 12.5. The van der Waals surface area contributed by atoms with Gasteiger partial charge in [-0.1, -0.05) is 53.5 Å². The molecular weight excluding hydrogens is 357 g/mol. The molecule has 0 saturated heterocycles. The summed E-state index contributed by atoms with van der Waals surface area (Å²) >= 11 is 11.8. The number of benzene rings is 3. The third kappa shape index (κ3) is 3.08. The van der Waals surface area contributed by atoms with Gasteiger partial charge in [0.2, 0.25) is 0 Å². The minimum atomic E-state index is -3.83. The Bertz CT molecular complexity index is 1000. The molecule has 0 heterocycles. The first-order chi connectivity index (χ1) is 10.9. The molecule has 0 bridgehead atoms. The Morgan fingerprint density at radius 2 is 1.61 bits per heavy atom. The molecule has 0 aromatic heterocycles. The van der Waals surface area contributed by atoms with Gasteiger partial charge in [0.1, 0.15) is 5.75 Å². The number of sulfonamides is 1. The number of halogens is 2. The van der Waals surface area contributed by atoms with Crippen LogP contribution in [0.15, 0.2) is 59.5 Å². The van der Waals surface area contributed by atoms with Crippen LogP contribution in [0.25, 0.3) is 10.8 Å². The van der Waals surface area contributed by atoms with Crippen LogP contribution in [0.3, 0.4) is 0 Å². The summed E-state index contributed by atoms with van der Waals surface area (Å²) in [5.74, 6) is -0.0898. The van der Waals surface area contributed by atoms with E-state index in [0.717, 1.165) is 0 Å². The molecule has 0 saturated carbocycles. The molecule has 0 aliphatic rings. The van der Waals surface area contributed by atoms with Crippen LogP contribution < -0.4 is 4.72 Å². The number of fused-ring (bicyclic) bond motifs is 1. The normalized spacial score (nSPS) is 11.6. The summed E-state index contributed by atoms with van der Waals surface area (Å²) in [5.41, 5.74) is 0.281. The molecule has 2 N–H and O–H groups in total. The molecule has 0 radical (unpaired) electrons. The van der Waals surface area contributed by atoms with Crippen molar-refractivity contribution in [3.8, 4) is 5.75 Å². The standard InChI is InChI=1S/C16H11Cl2NO3S/c17-10-4-3-5-11(8-10)23(21,22)19-15-9-14(18)16(20)13-7-2-1-6-12(13)15/h1-9,19-20H. The Hall–Kier alpha value is -1.95. The van der Waals surface area contributed by atoms with E-state index in [2.05, 4.69) is 4.72 Å². The van der Waals surface area contributed by atoms with Gasteiger partial charge in [-0.15, -0.1) is 0 Å². The highest BCUT2D eigenvalue weighted by molar-refractivity contribution is 7.92. The van der Waals surface area contributed by atoms with E-state index in [9.17, 15) is 13.5 Å². The lowest BCUT2D eigenvalue weighted by Gasteiger charge is -2.13. The van der Waals surface area contributed by atoms with Crippen molar-refractivity contribution in [1.29, 1.82) is 0 Å². The molecule has 0 atom stereocenters. The van der Waals surface area contributed by atoms with E-state index in [4.69, 9.17) is 23.2 Å². The minimum absolute atomic E-state index is 0.0401. The van der Waals surface area contributed by atoms with Crippen LogP contribution >= 0.6 is 23.2 Å². The minimum Gasteiger partial charge on any atom is -0.506 e. The van der Waals surface area contributed by atoms with Gasteiger partial charge >= 0.3 is 0 Å². The van der Waals surface area contributed by atoms with Crippen LogP contribution in [0.2, 0.25) is 10.0 Å². The number of hydrogen-bond donors (Lipinski definition) is 2. The van der Waals surface area contributed by atoms with Crippen LogP contribution in [-0.4, -0.2) is 13.5 Å². The van der Waals surface area contributed by atoms with Gasteiger partial charge in [-0.25, -0.2) is 8.42 Å². The lowest BCUT2D eigenvalue weighted by molar-refractivity contribution is 0.482. The molecule has 3 aromatic rings. The van der Waals surface area contributed by atoms with Gasteiger partial charge in [-0.2, -0.15) is 0 Å². The molecule has 0 fully saturated rings. The van der Waals surface area contributed by atoms with Crippen molar-refractivity contribution in [2.45, 2.75) is 4.90 Å². The molecule has 7 heteroatoms. The Morgan fingerprint density at radius 3 is 2.30 bits per heavy atom. The Labute approximate surface area is 143 Å². The lowest BCUT2D eigenvalue weighted by atomic mass is 10.1. The van der Waals surface area contributed by atoms with Gasteiger partial charge < -0.3 is 5.11 Å². The van der Waals surface area contributed by atoms with E-state index in [-0.39, 0.29) is 21.4 Å². The van der Waals surface area contributed by atoms with Gasteiger partial charge in [-0.05, 0) is 24.3 Å². The van der Waals surface area contributed by atoms with E-state index in [1.807, 2.05) is 0 Å². The summed E-state index contributed by atoms with van der Waals surface area (Å²) in [5, 5.41) is 11.4. The van der Waals surface area contributed by atoms with E-state index in [1.54, 1.807) is 36.4 Å². The molecule has 0 aliphatic carbocycles. The van der Waals surface area contributed by atoms with Gasteiger partial charge in [-0.3, -0.25) is 4.72 Å². The fraction of sp³-hybridized carbons (Fsp3) is 0. The Balaban J connectivity index is 2.13. The fourth-order valence-corrected chi connectivity index (χ4v) is 3.83. The van der Waals surface area contributed by atoms with Crippen molar-refractivity contribution >= 4 is 49.7 Å². The largest absolute Gasteiger partial charge is 0.506 e. The highest BCUT2D eigenvalue weighted by atomic mass is 35.5. The number of phenols is 1. The molecule has 0 spiro atoms. The molecule has 3 aromatic carbocycles. The van der Waals surface area contributed by atoms with Crippen LogP contribution in [0.4, 0.5) is 5.69 Å². The number of nitrogens with one attached hydrogen (secondary N) is 1. The maximum Gasteiger partial charge on any atom is 0.261 e. The fourth-order valence-electron chi connectivity index (χ4n) is 2.25. The van der Waals surface area contributed by atoms with Crippen molar-refractivity contribution in [1.82, 2.24) is 0 Å². The number of hydrogen-bond acceptors (Lipinski definition) is 3. The summed E-state index contributed by atoms with van der Waals surface area (Å²) in [6.45, 7) is 0. The summed E-state index contributed by atoms with van der Waals surface area (Å²) in [6, 6.07) is 14.1. The summed E-state index contributed by atoms with van der Waals surface area (Å²) in [7, 11) is -3.83. The van der Waals surface area contributed by atoms with Crippen LogP contribution in [0.1, 0.15) is 0 Å². The SMILES string of the molecule is O=S(=O)(Nc1cc(Cl)c(O)c2ccccc12)c1cccc(Cl)c1. The Morgan fingerprint density at radius 1 is 0.913 bits per heavy atom. The molecule has 118 valence electrons. The van der Waals surface area contributed by atoms with Crippen LogP contribution in [0, 0.1) is 0 Å². The van der Waals surface area contributed by atoms with Gasteiger partial charge in [0, 0.05) is 15.8 Å². The number of aromatic hydroxyl groups is 1. The second-order valence-electron chi connectivity index (χ2n) is 4.86. The second-order valence-corrected chi connectivity index (χ2v) is 7.39. The second kappa shape index (κ2) is 5.92. The summed E-state index contributed by atoms with van der Waals surface area (Å²) < 4.78 is 27.5. The third-order valence-electron chi connectivity index (χ3n) is 3.32. The maximum absolute atomic E-state index is 12.5. The van der Waals surface area contributed by atoms with E-state index in [1.165, 1.54) is 18.2 Å². The predicted octanol–water partition coefficient (Wildman–Crippen LogP) is 4.65. The summed E-state index contributed by atoms with van der Waals surface area (Å²) in [4.78, 5) is 0.0401. The Kier molecular flexibility index (Phi) is 4.10. The smallest absolute Gasteiger partial charge is 0.261 e. The van der Waals surface area contributed by atoms with E-state index < -0.39 is 10.0 Å². The highest BCUT2D eigenvalue weighted by Gasteiger charge is 2.18. The van der Waals surface area contributed by atoms with Gasteiger partial charge in [0.25, 0.3) is 10.0 Å². The van der Waals surface area contributed by atoms with Gasteiger partial charge in [0.15, 0.2) is 0 Å². The van der Waals surface area contributed by atoms with Crippen molar-refractivity contribution in [3.63, 3.8) is 0 Å². The molecule has 0 amide bonds. The monoisotopic (exact) mass is 367 g/mol. The first-order valence-electron chi connectivity index (χ1n) is 6.57. The molecule has 3 rings (SSSR count). The lowest BCUT2D eigenvalue weighted by Crippen LogP contribution is -2.13. The van der Waals surface area contributed by atoms with Crippen LogP contribution in [-0.2, 0) is 10.0 Å². The molecule has 4 nitrogen and oxygen atoms in total. The average molecular weight is 368 g/mol. The first-order valence-corrected chi connectivity index (χ1v) is 8.81. The van der Waals surface area contributed by atoms with E-state index in [0.29, 0.717) is 15.8 Å². The topological polar surface area (TPSA) is 66.4 Å². The number of anilines is 1.